The van der Waals surface area contributed by atoms with Gasteiger partial charge in [-0.05, 0) is 18.1 Å². The summed E-state index contributed by atoms with van der Waals surface area (Å²) in [4.78, 5) is 16.7. The Morgan fingerprint density at radius 3 is 3.00 bits per heavy atom. The van der Waals surface area contributed by atoms with E-state index in [2.05, 4.69) is 15.0 Å². The minimum Gasteiger partial charge on any atom is -0.325 e. The molecule has 134 valence electrons. The van der Waals surface area contributed by atoms with Crippen molar-refractivity contribution in [3.05, 3.63) is 46.4 Å². The molecule has 8 nitrogen and oxygen atoms in total. The minimum atomic E-state index is -3.94. The molecule has 3 heterocycles. The number of carbonyl (C=O) groups excluding carboxylic acids is 1. The molecule has 26 heavy (non-hydrogen) atoms. The van der Waals surface area contributed by atoms with Gasteiger partial charge in [0.25, 0.3) is 10.2 Å². The lowest BCUT2D eigenvalue weighted by Gasteiger charge is -2.22. The van der Waals surface area contributed by atoms with Crippen LogP contribution in [0.1, 0.15) is 17.0 Å². The molecule has 1 aromatic heterocycles. The summed E-state index contributed by atoms with van der Waals surface area (Å²) in [7, 11) is -3.94. The van der Waals surface area contributed by atoms with Gasteiger partial charge < -0.3 is 5.32 Å². The van der Waals surface area contributed by atoms with Crippen molar-refractivity contribution in [3.63, 3.8) is 0 Å². The summed E-state index contributed by atoms with van der Waals surface area (Å²) in [5.74, 6) is -0.267. The molecule has 0 unspecified atom stereocenters. The van der Waals surface area contributed by atoms with Gasteiger partial charge in [-0.2, -0.15) is 22.7 Å². The first-order valence-electron chi connectivity index (χ1n) is 7.92. The number of nitriles is 1. The molecule has 1 aromatic carbocycles. The molecule has 2 aliphatic heterocycles. The van der Waals surface area contributed by atoms with E-state index in [0.29, 0.717) is 10.7 Å². The number of fused-ring (bicyclic) bond motifs is 2. The van der Waals surface area contributed by atoms with Crippen LogP contribution in [0.15, 0.2) is 35.8 Å². The largest absolute Gasteiger partial charge is 0.325 e. The number of carbonyl (C=O) groups is 1. The summed E-state index contributed by atoms with van der Waals surface area (Å²) in [6, 6.07) is 8.31. The van der Waals surface area contributed by atoms with Crippen LogP contribution < -0.4 is 10.0 Å². The van der Waals surface area contributed by atoms with Gasteiger partial charge >= 0.3 is 0 Å². The second-order valence-electron chi connectivity index (χ2n) is 6.23. The van der Waals surface area contributed by atoms with Crippen molar-refractivity contribution in [2.45, 2.75) is 24.4 Å². The maximum Gasteiger partial charge on any atom is 0.281 e. The summed E-state index contributed by atoms with van der Waals surface area (Å²) in [5.41, 5.74) is 0.375. The highest BCUT2D eigenvalue weighted by Crippen LogP contribution is 2.46. The number of rotatable bonds is 4. The molecule has 2 N–H and O–H groups in total. The molecule has 0 aliphatic carbocycles. The van der Waals surface area contributed by atoms with Crippen molar-refractivity contribution in [1.29, 1.82) is 5.26 Å². The first kappa shape index (κ1) is 17.1. The zero-order valence-electron chi connectivity index (χ0n) is 13.5. The van der Waals surface area contributed by atoms with Crippen molar-refractivity contribution < 1.29 is 13.2 Å². The lowest BCUT2D eigenvalue weighted by Crippen LogP contribution is -2.45. The van der Waals surface area contributed by atoms with Crippen LogP contribution in [0, 0.1) is 11.3 Å². The van der Waals surface area contributed by atoms with E-state index in [9.17, 15) is 18.5 Å². The third-order valence-electron chi connectivity index (χ3n) is 4.79. The summed E-state index contributed by atoms with van der Waals surface area (Å²) in [6.07, 6.45) is 1.72. The number of nitrogens with zero attached hydrogens (tertiary/aromatic N) is 3. The van der Waals surface area contributed by atoms with Crippen molar-refractivity contribution in [2.75, 3.05) is 11.9 Å². The van der Waals surface area contributed by atoms with Gasteiger partial charge in [-0.15, -0.1) is 11.3 Å². The second-order valence-corrected chi connectivity index (χ2v) is 8.91. The highest BCUT2D eigenvalue weighted by Gasteiger charge is 2.57. The predicted octanol–water partition coefficient (Wildman–Crippen LogP) is 0.965. The molecule has 0 bridgehead atoms. The third-order valence-corrected chi connectivity index (χ3v) is 7.08. The van der Waals surface area contributed by atoms with Gasteiger partial charge in [0.15, 0.2) is 0 Å². The van der Waals surface area contributed by atoms with Crippen LogP contribution in [0.2, 0.25) is 0 Å². The van der Waals surface area contributed by atoms with Crippen LogP contribution in [0.25, 0.3) is 0 Å². The van der Waals surface area contributed by atoms with Crippen molar-refractivity contribution in [3.8, 4) is 6.07 Å². The topological polar surface area (TPSA) is 115 Å². The second kappa shape index (κ2) is 6.14. The molecule has 2 aromatic rings. The van der Waals surface area contributed by atoms with Crippen molar-refractivity contribution >= 4 is 33.1 Å². The summed E-state index contributed by atoms with van der Waals surface area (Å²) in [5, 5.41) is 14.7. The van der Waals surface area contributed by atoms with E-state index in [4.69, 9.17) is 0 Å². The van der Waals surface area contributed by atoms with Crippen molar-refractivity contribution in [2.24, 2.45) is 0 Å². The quantitative estimate of drug-likeness (QED) is 0.808. The molecular formula is C16H15N5O3S2. The standard InChI is InChI=1S/C16H15N5O3S2/c17-8-11-7-16(12-3-1-2-4-13(12)20-15(16)22)10-21(11)26(23,24)19-9-14-18-5-6-25-14/h1-6,11,19H,7,9-10H2,(H,20,22)/t11-,16-/m0/s1. The van der Waals surface area contributed by atoms with Crippen molar-refractivity contribution in [1.82, 2.24) is 14.0 Å². The van der Waals surface area contributed by atoms with Crippen LogP contribution in [0.4, 0.5) is 5.69 Å². The Morgan fingerprint density at radius 2 is 2.27 bits per heavy atom. The first-order valence-corrected chi connectivity index (χ1v) is 10.2. The Morgan fingerprint density at radius 1 is 1.46 bits per heavy atom. The smallest absolute Gasteiger partial charge is 0.281 e. The van der Waals surface area contributed by atoms with Gasteiger partial charge in [0.2, 0.25) is 5.91 Å². The Labute approximate surface area is 154 Å². The lowest BCUT2D eigenvalue weighted by molar-refractivity contribution is -0.120. The number of thiazole rings is 1. The van der Waals surface area contributed by atoms with E-state index in [1.807, 2.05) is 6.07 Å². The van der Waals surface area contributed by atoms with E-state index in [-0.39, 0.29) is 25.4 Å². The van der Waals surface area contributed by atoms with Gasteiger partial charge in [-0.25, -0.2) is 4.98 Å². The fourth-order valence-corrected chi connectivity index (χ4v) is 5.52. The van der Waals surface area contributed by atoms with E-state index in [0.717, 1.165) is 9.87 Å². The Bertz CT molecular complexity index is 999. The first-order chi connectivity index (χ1) is 12.5. The molecular weight excluding hydrogens is 374 g/mol. The summed E-state index contributed by atoms with van der Waals surface area (Å²) >= 11 is 1.34. The van der Waals surface area contributed by atoms with Gasteiger partial charge in [-0.1, -0.05) is 18.2 Å². The van der Waals surface area contributed by atoms with E-state index >= 15 is 0 Å². The number of nitrogens with one attached hydrogen (secondary N) is 2. The van der Waals surface area contributed by atoms with Crippen LogP contribution in [0.5, 0.6) is 0 Å². The highest BCUT2D eigenvalue weighted by molar-refractivity contribution is 7.87. The fourth-order valence-electron chi connectivity index (χ4n) is 3.54. The number of benzene rings is 1. The molecule has 0 radical (unpaired) electrons. The SMILES string of the molecule is N#C[C@@H]1C[C@@]2(CN1S(=O)(=O)NCc1nccs1)C(=O)Nc1ccccc12. The summed E-state index contributed by atoms with van der Waals surface area (Å²) in [6.45, 7) is -0.0221. The van der Waals surface area contributed by atoms with Gasteiger partial charge in [0.05, 0.1) is 18.0 Å². The minimum absolute atomic E-state index is 0.0461. The molecule has 10 heteroatoms. The van der Waals surface area contributed by atoms with Crippen LogP contribution in [-0.4, -0.2) is 36.2 Å². The average molecular weight is 389 g/mol. The highest BCUT2D eigenvalue weighted by atomic mass is 32.2. The predicted molar refractivity (Wildman–Crippen MR) is 95.3 cm³/mol. The monoisotopic (exact) mass is 389 g/mol. The van der Waals surface area contributed by atoms with Gasteiger partial charge in [0, 0.05) is 23.8 Å². The number of anilines is 1. The molecule has 2 aliphatic rings. The normalized spacial score (nSPS) is 25.2. The Balaban J connectivity index is 1.64. The molecule has 1 saturated heterocycles. The fraction of sp³-hybridized carbons (Fsp3) is 0.312. The molecule has 1 fully saturated rings. The molecule has 4 rings (SSSR count). The number of para-hydroxylation sites is 1. The van der Waals surface area contributed by atoms with E-state index in [1.54, 1.807) is 35.8 Å². The average Bonchev–Trinajstić information content (AvgIpc) is 3.34. The van der Waals surface area contributed by atoms with Crippen LogP contribution in [-0.2, 0) is 27.0 Å². The molecule has 1 spiro atoms. The Hall–Kier alpha value is -2.32. The Kier molecular flexibility index (Phi) is 4.04. The van der Waals surface area contributed by atoms with E-state index in [1.165, 1.54) is 11.3 Å². The zero-order chi connectivity index (χ0) is 18.4. The zero-order valence-corrected chi connectivity index (χ0v) is 15.2. The number of hydrogen-bond donors (Lipinski definition) is 2. The maximum absolute atomic E-state index is 12.8. The number of hydrogen-bond acceptors (Lipinski definition) is 6. The van der Waals surface area contributed by atoms with E-state index < -0.39 is 21.7 Å². The maximum atomic E-state index is 12.8. The van der Waals surface area contributed by atoms with Crippen LogP contribution in [0.3, 0.4) is 0 Å². The lowest BCUT2D eigenvalue weighted by atomic mass is 9.80. The molecule has 1 amide bonds. The number of amides is 1. The van der Waals surface area contributed by atoms with Gasteiger partial charge in [0.1, 0.15) is 11.0 Å². The molecule has 2 atom stereocenters. The van der Waals surface area contributed by atoms with Gasteiger partial charge in [-0.3, -0.25) is 4.79 Å². The molecule has 0 saturated carbocycles. The number of aromatic nitrogens is 1. The summed E-state index contributed by atoms with van der Waals surface area (Å²) < 4.78 is 29.1. The third kappa shape index (κ3) is 2.60. The van der Waals surface area contributed by atoms with Crippen LogP contribution >= 0.6 is 11.3 Å².